The third kappa shape index (κ3) is 2.92. The van der Waals surface area contributed by atoms with Crippen LogP contribution in [0.15, 0.2) is 23.2 Å². The Morgan fingerprint density at radius 1 is 1.20 bits per heavy atom. The Morgan fingerprint density at radius 2 is 1.84 bits per heavy atom. The Morgan fingerprint density at radius 3 is 2.28 bits per heavy atom. The van der Waals surface area contributed by atoms with Crippen LogP contribution in [-0.2, 0) is 29.7 Å². The van der Waals surface area contributed by atoms with Crippen LogP contribution in [0.2, 0.25) is 0 Å². The Hall–Kier alpha value is -1.95. The number of hydrogen-bond donors (Lipinski definition) is 0. The monoisotopic (exact) mass is 360 g/mol. The van der Waals surface area contributed by atoms with Crippen molar-refractivity contribution in [1.82, 2.24) is 9.55 Å². The van der Waals surface area contributed by atoms with Crippen LogP contribution in [0.5, 0.6) is 0 Å². The molecule has 2 aromatic heterocycles. The SMILES string of the molecule is CCc1c(CC)c(-c2ccc(S(=O)(=O)C3CC3)cn2)n(C)c1C(C)=O. The number of sulfone groups is 1. The van der Waals surface area contributed by atoms with E-state index in [1.54, 1.807) is 19.1 Å². The fourth-order valence-corrected chi connectivity index (χ4v) is 5.20. The second-order valence-corrected chi connectivity index (χ2v) is 8.83. The van der Waals surface area contributed by atoms with Crippen LogP contribution in [0.4, 0.5) is 0 Å². The zero-order valence-electron chi connectivity index (χ0n) is 15.2. The zero-order chi connectivity index (χ0) is 18.4. The highest BCUT2D eigenvalue weighted by Gasteiger charge is 2.37. The van der Waals surface area contributed by atoms with E-state index in [1.807, 2.05) is 18.5 Å². The van der Waals surface area contributed by atoms with Crippen molar-refractivity contribution in [2.24, 2.45) is 7.05 Å². The van der Waals surface area contributed by atoms with Crippen LogP contribution >= 0.6 is 0 Å². The summed E-state index contributed by atoms with van der Waals surface area (Å²) in [4.78, 5) is 16.8. The highest BCUT2D eigenvalue weighted by Crippen LogP contribution is 2.35. The molecule has 0 aromatic carbocycles. The van der Waals surface area contributed by atoms with Gasteiger partial charge in [-0.3, -0.25) is 9.78 Å². The molecular formula is C19H24N2O3S. The Kier molecular flexibility index (Phi) is 4.58. The minimum Gasteiger partial charge on any atom is -0.340 e. The van der Waals surface area contributed by atoms with Gasteiger partial charge in [-0.25, -0.2) is 8.42 Å². The van der Waals surface area contributed by atoms with Crippen molar-refractivity contribution in [3.63, 3.8) is 0 Å². The van der Waals surface area contributed by atoms with Crippen molar-refractivity contribution in [3.05, 3.63) is 35.2 Å². The molecule has 1 aliphatic rings. The first-order chi connectivity index (χ1) is 11.8. The summed E-state index contributed by atoms with van der Waals surface area (Å²) >= 11 is 0. The quantitative estimate of drug-likeness (QED) is 0.741. The number of carbonyl (C=O) groups excluding carboxylic acids is 1. The molecule has 0 radical (unpaired) electrons. The maximum Gasteiger partial charge on any atom is 0.182 e. The van der Waals surface area contributed by atoms with E-state index in [9.17, 15) is 13.2 Å². The fraction of sp³-hybridized carbons (Fsp3) is 0.474. The van der Waals surface area contributed by atoms with E-state index in [4.69, 9.17) is 0 Å². The molecule has 0 aliphatic heterocycles. The molecule has 5 nitrogen and oxygen atoms in total. The number of rotatable bonds is 6. The first-order valence-electron chi connectivity index (χ1n) is 8.74. The van der Waals surface area contributed by atoms with Gasteiger partial charge in [-0.2, -0.15) is 0 Å². The molecule has 1 aliphatic carbocycles. The first kappa shape index (κ1) is 17.9. The van der Waals surface area contributed by atoms with Gasteiger partial charge in [0.1, 0.15) is 0 Å². The average Bonchev–Trinajstić information content (AvgIpc) is 3.39. The van der Waals surface area contributed by atoms with Crippen LogP contribution in [0.3, 0.4) is 0 Å². The van der Waals surface area contributed by atoms with Gasteiger partial charge < -0.3 is 4.57 Å². The van der Waals surface area contributed by atoms with Crippen LogP contribution in [-0.4, -0.2) is 29.0 Å². The smallest absolute Gasteiger partial charge is 0.182 e. The molecule has 0 bridgehead atoms. The summed E-state index contributed by atoms with van der Waals surface area (Å²) in [5, 5.41) is -0.239. The molecule has 0 unspecified atom stereocenters. The van der Waals surface area contributed by atoms with Crippen molar-refractivity contribution < 1.29 is 13.2 Å². The van der Waals surface area contributed by atoms with E-state index in [1.165, 1.54) is 6.20 Å². The molecule has 0 N–H and O–H groups in total. The number of Topliss-reactive ketones (excluding diaryl/α,β-unsaturated/α-hetero) is 1. The van der Waals surface area contributed by atoms with E-state index >= 15 is 0 Å². The number of pyridine rings is 1. The van der Waals surface area contributed by atoms with Gasteiger partial charge in [0.05, 0.1) is 27.2 Å². The third-order valence-corrected chi connectivity index (χ3v) is 7.17. The van der Waals surface area contributed by atoms with Gasteiger partial charge in [0.15, 0.2) is 15.6 Å². The number of aromatic nitrogens is 2. The van der Waals surface area contributed by atoms with Crippen molar-refractivity contribution in [3.8, 4) is 11.4 Å². The van der Waals surface area contributed by atoms with Crippen LogP contribution in [0, 0.1) is 0 Å². The normalized spacial score (nSPS) is 14.7. The van der Waals surface area contributed by atoms with Crippen molar-refractivity contribution in [2.75, 3.05) is 0 Å². The average molecular weight is 360 g/mol. The molecule has 2 aromatic rings. The standard InChI is InChI=1S/C19H24N2O3S/c1-5-15-16(6-2)19(21(4)18(15)12(3)22)17-10-9-14(11-20-17)25(23,24)13-7-8-13/h9-11,13H,5-8H2,1-4H3. The van der Waals surface area contributed by atoms with E-state index < -0.39 is 9.84 Å². The van der Waals surface area contributed by atoms with Gasteiger partial charge in [-0.05, 0) is 48.9 Å². The Bertz CT molecular complexity index is 921. The summed E-state index contributed by atoms with van der Waals surface area (Å²) < 4.78 is 26.6. The molecule has 0 atom stereocenters. The van der Waals surface area contributed by atoms with Crippen molar-refractivity contribution in [2.45, 2.75) is 56.6 Å². The van der Waals surface area contributed by atoms with Crippen LogP contribution in [0.1, 0.15) is 55.2 Å². The second-order valence-electron chi connectivity index (χ2n) is 6.60. The second kappa shape index (κ2) is 6.41. The molecular weight excluding hydrogens is 336 g/mol. The molecule has 0 amide bonds. The topological polar surface area (TPSA) is 69.0 Å². The zero-order valence-corrected chi connectivity index (χ0v) is 16.0. The van der Waals surface area contributed by atoms with Gasteiger partial charge in [-0.15, -0.1) is 0 Å². The largest absolute Gasteiger partial charge is 0.340 e. The molecule has 25 heavy (non-hydrogen) atoms. The summed E-state index contributed by atoms with van der Waals surface area (Å²) in [7, 11) is -1.36. The number of hydrogen-bond acceptors (Lipinski definition) is 4. The number of carbonyl (C=O) groups is 1. The molecule has 134 valence electrons. The van der Waals surface area contributed by atoms with Gasteiger partial charge >= 0.3 is 0 Å². The highest BCUT2D eigenvalue weighted by molar-refractivity contribution is 7.92. The van der Waals surface area contributed by atoms with Crippen molar-refractivity contribution >= 4 is 15.6 Å². The molecule has 3 rings (SSSR count). The third-order valence-electron chi connectivity index (χ3n) is 4.92. The molecule has 1 fully saturated rings. The van der Waals surface area contributed by atoms with Crippen LogP contribution in [0.25, 0.3) is 11.4 Å². The predicted octanol–water partition coefficient (Wildman–Crippen LogP) is 3.35. The van der Waals surface area contributed by atoms with Gasteiger partial charge in [0.2, 0.25) is 0 Å². The lowest BCUT2D eigenvalue weighted by atomic mass is 10.0. The summed E-state index contributed by atoms with van der Waals surface area (Å²) in [6, 6.07) is 3.40. The van der Waals surface area contributed by atoms with Gasteiger partial charge in [-0.1, -0.05) is 13.8 Å². The maximum absolute atomic E-state index is 12.3. The molecule has 1 saturated carbocycles. The Labute approximate surface area is 149 Å². The number of nitrogens with zero attached hydrogens (tertiary/aromatic N) is 2. The van der Waals surface area contributed by atoms with Crippen molar-refractivity contribution in [1.29, 1.82) is 0 Å². The lowest BCUT2D eigenvalue weighted by Gasteiger charge is -2.09. The van der Waals surface area contributed by atoms with E-state index in [2.05, 4.69) is 11.9 Å². The summed E-state index contributed by atoms with van der Waals surface area (Å²) in [5.74, 6) is 0.0354. The lowest BCUT2D eigenvalue weighted by Crippen LogP contribution is -2.08. The van der Waals surface area contributed by atoms with E-state index in [0.717, 1.165) is 42.5 Å². The van der Waals surface area contributed by atoms with Gasteiger partial charge in [0.25, 0.3) is 0 Å². The van der Waals surface area contributed by atoms with Gasteiger partial charge in [0, 0.05) is 20.2 Å². The fourth-order valence-electron chi connectivity index (χ4n) is 3.60. The van der Waals surface area contributed by atoms with E-state index in [0.29, 0.717) is 11.4 Å². The minimum atomic E-state index is -3.24. The summed E-state index contributed by atoms with van der Waals surface area (Å²) in [6.45, 7) is 5.69. The minimum absolute atomic E-state index is 0.0354. The maximum atomic E-state index is 12.3. The summed E-state index contributed by atoms with van der Waals surface area (Å²) in [5.41, 5.74) is 4.49. The Balaban J connectivity index is 2.12. The highest BCUT2D eigenvalue weighted by atomic mass is 32.2. The predicted molar refractivity (Wildman–Crippen MR) is 97.6 cm³/mol. The molecule has 2 heterocycles. The molecule has 0 saturated heterocycles. The molecule has 6 heteroatoms. The first-order valence-corrected chi connectivity index (χ1v) is 10.3. The van der Waals surface area contributed by atoms with E-state index in [-0.39, 0.29) is 15.9 Å². The summed E-state index contributed by atoms with van der Waals surface area (Å²) in [6.07, 6.45) is 4.51. The lowest BCUT2D eigenvalue weighted by molar-refractivity contribution is 0.100. The van der Waals surface area contributed by atoms with Crippen LogP contribution < -0.4 is 0 Å². The number of ketones is 1. The molecule has 0 spiro atoms.